The second-order valence-electron chi connectivity index (χ2n) is 8.01. The molecule has 23 heavy (non-hydrogen) atoms. The zero-order valence-electron chi connectivity index (χ0n) is 14.8. The molecule has 4 heteroatoms. The van der Waals surface area contributed by atoms with Gasteiger partial charge >= 0.3 is 5.97 Å². The molecular formula is C19H34N2O2. The van der Waals surface area contributed by atoms with Crippen molar-refractivity contribution < 1.29 is 9.53 Å². The minimum Gasteiger partial charge on any atom is -0.469 e. The number of rotatable bonds is 7. The molecule has 132 valence electrons. The zero-order chi connectivity index (χ0) is 16.1. The van der Waals surface area contributed by atoms with Gasteiger partial charge in [0, 0.05) is 31.6 Å². The smallest absolute Gasteiger partial charge is 0.305 e. The molecule has 2 aliphatic carbocycles. The maximum Gasteiger partial charge on any atom is 0.305 e. The Kier molecular flexibility index (Phi) is 6.35. The Balaban J connectivity index is 1.46. The second kappa shape index (κ2) is 8.48. The van der Waals surface area contributed by atoms with Gasteiger partial charge in [-0.15, -0.1) is 0 Å². The SMILES string of the molecule is COC(=O)CCC1CC(NCC2CCCCC2)CN(C2CC2)C1. The average Bonchev–Trinajstić information content (AvgIpc) is 3.44. The van der Waals surface area contributed by atoms with Crippen molar-refractivity contribution >= 4 is 5.97 Å². The molecule has 0 amide bonds. The standard InChI is InChI=1S/C19H34N2O2/c1-23-19(22)10-7-16-11-17(14-21(13-16)18-8-9-18)20-12-15-5-3-2-4-6-15/h15-18,20H,2-14H2,1H3. The van der Waals surface area contributed by atoms with Gasteiger partial charge in [-0.05, 0) is 56.9 Å². The van der Waals surface area contributed by atoms with E-state index in [1.54, 1.807) is 0 Å². The summed E-state index contributed by atoms with van der Waals surface area (Å²) < 4.78 is 4.81. The molecule has 1 N–H and O–H groups in total. The van der Waals surface area contributed by atoms with Crippen molar-refractivity contribution in [3.63, 3.8) is 0 Å². The van der Waals surface area contributed by atoms with Crippen LogP contribution in [0.3, 0.4) is 0 Å². The molecule has 0 aromatic heterocycles. The number of nitrogens with zero attached hydrogens (tertiary/aromatic N) is 1. The summed E-state index contributed by atoms with van der Waals surface area (Å²) in [5, 5.41) is 3.88. The fraction of sp³-hybridized carbons (Fsp3) is 0.947. The molecule has 3 rings (SSSR count). The first-order valence-electron chi connectivity index (χ1n) is 9.79. The first-order chi connectivity index (χ1) is 11.2. The van der Waals surface area contributed by atoms with Crippen LogP contribution in [0.15, 0.2) is 0 Å². The summed E-state index contributed by atoms with van der Waals surface area (Å²) in [6.45, 7) is 3.60. The fourth-order valence-electron chi connectivity index (χ4n) is 4.48. The summed E-state index contributed by atoms with van der Waals surface area (Å²) in [6.07, 6.45) is 12.7. The van der Waals surface area contributed by atoms with Gasteiger partial charge in [0.05, 0.1) is 7.11 Å². The Labute approximate surface area is 141 Å². The molecule has 0 spiro atoms. The van der Waals surface area contributed by atoms with Gasteiger partial charge < -0.3 is 10.1 Å². The van der Waals surface area contributed by atoms with Gasteiger partial charge in [0.1, 0.15) is 0 Å². The fourth-order valence-corrected chi connectivity index (χ4v) is 4.48. The van der Waals surface area contributed by atoms with Crippen molar-refractivity contribution in [2.75, 3.05) is 26.7 Å². The van der Waals surface area contributed by atoms with Crippen molar-refractivity contribution in [3.05, 3.63) is 0 Å². The number of piperidine rings is 1. The largest absolute Gasteiger partial charge is 0.469 e. The van der Waals surface area contributed by atoms with Gasteiger partial charge in [0.25, 0.3) is 0 Å². The predicted molar refractivity (Wildman–Crippen MR) is 92.3 cm³/mol. The topological polar surface area (TPSA) is 41.6 Å². The molecule has 0 aromatic carbocycles. The highest BCUT2D eigenvalue weighted by molar-refractivity contribution is 5.69. The molecular weight excluding hydrogens is 288 g/mol. The molecule has 0 radical (unpaired) electrons. The van der Waals surface area contributed by atoms with Crippen LogP contribution in [-0.4, -0.2) is 49.7 Å². The third-order valence-corrected chi connectivity index (χ3v) is 6.03. The Hall–Kier alpha value is -0.610. The second-order valence-corrected chi connectivity index (χ2v) is 8.01. The van der Waals surface area contributed by atoms with Gasteiger partial charge in [-0.2, -0.15) is 0 Å². The highest BCUT2D eigenvalue weighted by Crippen LogP contribution is 2.32. The zero-order valence-corrected chi connectivity index (χ0v) is 14.8. The van der Waals surface area contributed by atoms with Gasteiger partial charge in [0.2, 0.25) is 0 Å². The van der Waals surface area contributed by atoms with Crippen molar-refractivity contribution in [1.82, 2.24) is 10.2 Å². The lowest BCUT2D eigenvalue weighted by atomic mass is 9.87. The molecule has 1 saturated heterocycles. The van der Waals surface area contributed by atoms with Crippen LogP contribution in [0.5, 0.6) is 0 Å². The summed E-state index contributed by atoms with van der Waals surface area (Å²) in [4.78, 5) is 14.1. The highest BCUT2D eigenvalue weighted by Gasteiger charge is 2.36. The molecule has 3 fully saturated rings. The number of methoxy groups -OCH3 is 1. The van der Waals surface area contributed by atoms with E-state index < -0.39 is 0 Å². The van der Waals surface area contributed by atoms with E-state index in [-0.39, 0.29) is 5.97 Å². The Morgan fingerprint density at radius 2 is 1.87 bits per heavy atom. The molecule has 3 aliphatic rings. The van der Waals surface area contributed by atoms with Crippen LogP contribution in [0.4, 0.5) is 0 Å². The van der Waals surface area contributed by atoms with Crippen LogP contribution >= 0.6 is 0 Å². The number of hydrogen-bond acceptors (Lipinski definition) is 4. The maximum absolute atomic E-state index is 11.4. The van der Waals surface area contributed by atoms with E-state index in [9.17, 15) is 4.79 Å². The summed E-state index contributed by atoms with van der Waals surface area (Å²) in [5.74, 6) is 1.49. The molecule has 1 heterocycles. The summed E-state index contributed by atoms with van der Waals surface area (Å²) in [7, 11) is 1.49. The molecule has 1 aliphatic heterocycles. The Bertz CT molecular complexity index is 378. The van der Waals surface area contributed by atoms with Crippen LogP contribution in [-0.2, 0) is 9.53 Å². The van der Waals surface area contributed by atoms with Gasteiger partial charge in [-0.3, -0.25) is 9.69 Å². The van der Waals surface area contributed by atoms with Crippen LogP contribution in [0.25, 0.3) is 0 Å². The first kappa shape index (κ1) is 17.2. The maximum atomic E-state index is 11.4. The molecule has 2 atom stereocenters. The van der Waals surface area contributed by atoms with Crippen LogP contribution in [0.2, 0.25) is 0 Å². The first-order valence-corrected chi connectivity index (χ1v) is 9.79. The van der Waals surface area contributed by atoms with E-state index in [0.29, 0.717) is 18.4 Å². The number of ether oxygens (including phenoxy) is 1. The number of carbonyl (C=O) groups is 1. The predicted octanol–water partition coefficient (Wildman–Crippen LogP) is 2.96. The molecule has 0 aromatic rings. The van der Waals surface area contributed by atoms with Crippen molar-refractivity contribution in [2.24, 2.45) is 11.8 Å². The Morgan fingerprint density at radius 3 is 2.57 bits per heavy atom. The number of esters is 1. The number of likely N-dealkylation sites (tertiary alicyclic amines) is 1. The van der Waals surface area contributed by atoms with Crippen LogP contribution in [0, 0.1) is 11.8 Å². The minimum absolute atomic E-state index is 0.0553. The van der Waals surface area contributed by atoms with Gasteiger partial charge in [-0.1, -0.05) is 19.3 Å². The third kappa shape index (κ3) is 5.46. The molecule has 4 nitrogen and oxygen atoms in total. The van der Waals surface area contributed by atoms with Crippen molar-refractivity contribution in [3.8, 4) is 0 Å². The number of nitrogens with one attached hydrogen (secondary N) is 1. The monoisotopic (exact) mass is 322 g/mol. The van der Waals surface area contributed by atoms with Crippen molar-refractivity contribution in [1.29, 1.82) is 0 Å². The Morgan fingerprint density at radius 1 is 1.09 bits per heavy atom. The molecule has 2 saturated carbocycles. The van der Waals surface area contributed by atoms with E-state index >= 15 is 0 Å². The van der Waals surface area contributed by atoms with E-state index in [2.05, 4.69) is 10.2 Å². The third-order valence-electron chi connectivity index (χ3n) is 6.03. The van der Waals surface area contributed by atoms with E-state index in [0.717, 1.165) is 18.4 Å². The average molecular weight is 322 g/mol. The minimum atomic E-state index is -0.0553. The lowest BCUT2D eigenvalue weighted by Crippen LogP contribution is -2.51. The number of carbonyl (C=O) groups excluding carboxylic acids is 1. The molecule has 0 bridgehead atoms. The lowest BCUT2D eigenvalue weighted by Gasteiger charge is -2.39. The summed E-state index contributed by atoms with van der Waals surface area (Å²) in [6, 6.07) is 1.45. The summed E-state index contributed by atoms with van der Waals surface area (Å²) in [5.41, 5.74) is 0. The van der Waals surface area contributed by atoms with E-state index in [1.165, 1.54) is 78.1 Å². The van der Waals surface area contributed by atoms with E-state index in [1.807, 2.05) is 0 Å². The molecule has 2 unspecified atom stereocenters. The normalized spacial score (nSPS) is 30.3. The van der Waals surface area contributed by atoms with Gasteiger partial charge in [0.15, 0.2) is 0 Å². The lowest BCUT2D eigenvalue weighted by molar-refractivity contribution is -0.141. The van der Waals surface area contributed by atoms with E-state index in [4.69, 9.17) is 4.74 Å². The van der Waals surface area contributed by atoms with Gasteiger partial charge in [-0.25, -0.2) is 0 Å². The number of hydrogen-bond donors (Lipinski definition) is 1. The quantitative estimate of drug-likeness (QED) is 0.732. The van der Waals surface area contributed by atoms with Crippen LogP contribution in [0.1, 0.15) is 64.2 Å². The highest BCUT2D eigenvalue weighted by atomic mass is 16.5. The summed E-state index contributed by atoms with van der Waals surface area (Å²) >= 11 is 0. The van der Waals surface area contributed by atoms with Crippen LogP contribution < -0.4 is 5.32 Å². The van der Waals surface area contributed by atoms with Crippen molar-refractivity contribution in [2.45, 2.75) is 76.3 Å².